The van der Waals surface area contributed by atoms with Crippen LogP contribution in [0.2, 0.25) is 0 Å². The van der Waals surface area contributed by atoms with E-state index in [0.717, 1.165) is 62.4 Å². The Morgan fingerprint density at radius 2 is 1.92 bits per heavy atom. The van der Waals surface area contributed by atoms with Gasteiger partial charge in [-0.15, -0.1) is 0 Å². The summed E-state index contributed by atoms with van der Waals surface area (Å²) in [5.74, 6) is 1.08. The molecule has 2 heterocycles. The molecule has 0 aliphatic carbocycles. The van der Waals surface area contributed by atoms with Crippen molar-refractivity contribution in [3.8, 4) is 5.75 Å². The minimum Gasteiger partial charge on any atom is -0.494 e. The third-order valence-electron chi connectivity index (χ3n) is 5.19. The van der Waals surface area contributed by atoms with Crippen molar-refractivity contribution in [1.29, 1.82) is 0 Å². The fraction of sp³-hybridized carbons (Fsp3) is 0.650. The molecule has 0 spiro atoms. The van der Waals surface area contributed by atoms with Crippen LogP contribution in [0.3, 0.4) is 0 Å². The van der Waals surface area contributed by atoms with E-state index in [1.165, 1.54) is 32.4 Å². The molecule has 1 saturated heterocycles. The molecule has 4 nitrogen and oxygen atoms in total. The van der Waals surface area contributed by atoms with Crippen molar-refractivity contribution in [2.24, 2.45) is 0 Å². The van der Waals surface area contributed by atoms with Gasteiger partial charge in [0.05, 0.1) is 6.61 Å². The molecule has 0 N–H and O–H groups in total. The third-order valence-corrected chi connectivity index (χ3v) is 5.19. The van der Waals surface area contributed by atoms with Crippen LogP contribution in [0.1, 0.15) is 54.9 Å². The van der Waals surface area contributed by atoms with E-state index in [9.17, 15) is 4.79 Å². The number of nitrogens with zero attached hydrogens (tertiary/aromatic N) is 2. The minimum atomic E-state index is 0.168. The van der Waals surface area contributed by atoms with Crippen molar-refractivity contribution in [1.82, 2.24) is 9.80 Å². The highest BCUT2D eigenvalue weighted by Gasteiger charge is 2.21. The van der Waals surface area contributed by atoms with E-state index in [1.807, 2.05) is 24.0 Å². The van der Waals surface area contributed by atoms with Crippen molar-refractivity contribution in [2.45, 2.75) is 45.4 Å². The first kappa shape index (κ1) is 17.3. The van der Waals surface area contributed by atoms with Crippen LogP contribution in [0, 0.1) is 0 Å². The van der Waals surface area contributed by atoms with E-state index in [4.69, 9.17) is 4.74 Å². The Hall–Kier alpha value is -1.55. The summed E-state index contributed by atoms with van der Waals surface area (Å²) in [6, 6.07) is 5.98. The summed E-state index contributed by atoms with van der Waals surface area (Å²) in [5.41, 5.74) is 2.00. The number of rotatable bonds is 6. The van der Waals surface area contributed by atoms with E-state index < -0.39 is 0 Å². The molecule has 0 bridgehead atoms. The van der Waals surface area contributed by atoms with Crippen LogP contribution in [0.5, 0.6) is 5.75 Å². The van der Waals surface area contributed by atoms with Crippen LogP contribution in [0.15, 0.2) is 18.2 Å². The standard InChI is InChI=1S/C20H30N2O2/c1-2-22-14-6-8-17-16-18(9-10-19(17)20(22)23)24-15-7-13-21-11-4-3-5-12-21/h9-10,16H,2-8,11-15H2,1H3. The van der Waals surface area contributed by atoms with E-state index in [-0.39, 0.29) is 5.91 Å². The molecule has 0 radical (unpaired) electrons. The topological polar surface area (TPSA) is 32.8 Å². The predicted octanol–water partition coefficient (Wildman–Crippen LogP) is 3.35. The SMILES string of the molecule is CCN1CCCc2cc(OCCCN3CCCCC3)ccc2C1=O. The van der Waals surface area contributed by atoms with Crippen LogP contribution >= 0.6 is 0 Å². The Balaban J connectivity index is 1.52. The van der Waals surface area contributed by atoms with Gasteiger partial charge in [0.2, 0.25) is 0 Å². The average molecular weight is 330 g/mol. The molecule has 1 fully saturated rings. The molecule has 1 amide bonds. The Morgan fingerprint density at radius 1 is 1.08 bits per heavy atom. The van der Waals surface area contributed by atoms with Crippen molar-refractivity contribution in [2.75, 3.05) is 39.3 Å². The maximum absolute atomic E-state index is 12.5. The molecule has 4 heteroatoms. The molecule has 0 atom stereocenters. The highest BCUT2D eigenvalue weighted by Crippen LogP contribution is 2.24. The molecule has 2 aliphatic rings. The number of hydrogen-bond acceptors (Lipinski definition) is 3. The monoisotopic (exact) mass is 330 g/mol. The number of amides is 1. The molecule has 3 rings (SSSR count). The lowest BCUT2D eigenvalue weighted by atomic mass is 10.0. The summed E-state index contributed by atoms with van der Waals surface area (Å²) in [7, 11) is 0. The van der Waals surface area contributed by atoms with E-state index in [0.29, 0.717) is 0 Å². The fourth-order valence-electron chi connectivity index (χ4n) is 3.77. The molecular weight excluding hydrogens is 300 g/mol. The molecule has 1 aromatic carbocycles. The molecular formula is C20H30N2O2. The summed E-state index contributed by atoms with van der Waals surface area (Å²) in [5, 5.41) is 0. The van der Waals surface area contributed by atoms with E-state index in [1.54, 1.807) is 0 Å². The highest BCUT2D eigenvalue weighted by atomic mass is 16.5. The lowest BCUT2D eigenvalue weighted by Gasteiger charge is -2.26. The first-order valence-electron chi connectivity index (χ1n) is 9.55. The highest BCUT2D eigenvalue weighted by molar-refractivity contribution is 5.96. The van der Waals surface area contributed by atoms with Gasteiger partial charge in [0.15, 0.2) is 0 Å². The Morgan fingerprint density at radius 3 is 2.71 bits per heavy atom. The van der Waals surface area contributed by atoms with Gasteiger partial charge in [-0.25, -0.2) is 0 Å². The second kappa shape index (κ2) is 8.52. The van der Waals surface area contributed by atoms with Crippen LogP contribution in [-0.4, -0.2) is 55.0 Å². The molecule has 2 aliphatic heterocycles. The number of ether oxygens (including phenoxy) is 1. The van der Waals surface area contributed by atoms with Gasteiger partial charge in [0, 0.05) is 25.2 Å². The first-order valence-corrected chi connectivity index (χ1v) is 9.55. The second-order valence-electron chi connectivity index (χ2n) is 6.91. The molecule has 1 aromatic rings. The summed E-state index contributed by atoms with van der Waals surface area (Å²) >= 11 is 0. The van der Waals surface area contributed by atoms with Gasteiger partial charge in [-0.2, -0.15) is 0 Å². The van der Waals surface area contributed by atoms with Crippen molar-refractivity contribution in [3.63, 3.8) is 0 Å². The summed E-state index contributed by atoms with van der Waals surface area (Å²) < 4.78 is 5.94. The maximum atomic E-state index is 12.5. The van der Waals surface area contributed by atoms with Gasteiger partial charge >= 0.3 is 0 Å². The Kier molecular flexibility index (Phi) is 6.13. The average Bonchev–Trinajstić information content (AvgIpc) is 2.78. The second-order valence-corrected chi connectivity index (χ2v) is 6.91. The number of fused-ring (bicyclic) bond motifs is 1. The van der Waals surface area contributed by atoms with Crippen LogP contribution in [0.4, 0.5) is 0 Å². The molecule has 24 heavy (non-hydrogen) atoms. The van der Waals surface area contributed by atoms with Gasteiger partial charge in [0.25, 0.3) is 5.91 Å². The lowest BCUT2D eigenvalue weighted by molar-refractivity contribution is 0.0770. The number of likely N-dealkylation sites (tertiary alicyclic amines) is 1. The van der Waals surface area contributed by atoms with Gasteiger partial charge in [0.1, 0.15) is 5.75 Å². The predicted molar refractivity (Wildman–Crippen MR) is 96.7 cm³/mol. The molecule has 0 aromatic heterocycles. The van der Waals surface area contributed by atoms with Crippen LogP contribution < -0.4 is 4.74 Å². The summed E-state index contributed by atoms with van der Waals surface area (Å²) in [6.07, 6.45) is 7.13. The van der Waals surface area contributed by atoms with Crippen molar-refractivity contribution >= 4 is 5.91 Å². The smallest absolute Gasteiger partial charge is 0.254 e. The minimum absolute atomic E-state index is 0.168. The van der Waals surface area contributed by atoms with Crippen molar-refractivity contribution < 1.29 is 9.53 Å². The van der Waals surface area contributed by atoms with E-state index in [2.05, 4.69) is 11.0 Å². The molecule has 132 valence electrons. The molecule has 0 saturated carbocycles. The summed E-state index contributed by atoms with van der Waals surface area (Å²) in [4.78, 5) is 17.0. The summed E-state index contributed by atoms with van der Waals surface area (Å²) in [6.45, 7) is 8.06. The first-order chi connectivity index (χ1) is 11.8. The number of hydrogen-bond donors (Lipinski definition) is 0. The Bertz CT molecular complexity index is 553. The van der Waals surface area contributed by atoms with Gasteiger partial charge < -0.3 is 14.5 Å². The quantitative estimate of drug-likeness (QED) is 0.750. The number of piperidine rings is 1. The lowest BCUT2D eigenvalue weighted by Crippen LogP contribution is -2.31. The largest absolute Gasteiger partial charge is 0.494 e. The third kappa shape index (κ3) is 4.29. The fourth-order valence-corrected chi connectivity index (χ4v) is 3.77. The number of benzene rings is 1. The van der Waals surface area contributed by atoms with Gasteiger partial charge in [-0.05, 0) is 75.9 Å². The van der Waals surface area contributed by atoms with Crippen LogP contribution in [-0.2, 0) is 6.42 Å². The van der Waals surface area contributed by atoms with Crippen LogP contribution in [0.25, 0.3) is 0 Å². The Labute approximate surface area is 145 Å². The zero-order valence-electron chi connectivity index (χ0n) is 14.9. The molecule has 0 unspecified atom stereocenters. The zero-order valence-corrected chi connectivity index (χ0v) is 14.9. The van der Waals surface area contributed by atoms with Gasteiger partial charge in [-0.1, -0.05) is 6.42 Å². The van der Waals surface area contributed by atoms with Crippen molar-refractivity contribution in [3.05, 3.63) is 29.3 Å². The number of aryl methyl sites for hydroxylation is 1. The normalized spacial score (nSPS) is 19.0. The number of carbonyl (C=O) groups is 1. The van der Waals surface area contributed by atoms with Gasteiger partial charge in [-0.3, -0.25) is 4.79 Å². The van der Waals surface area contributed by atoms with E-state index >= 15 is 0 Å². The zero-order chi connectivity index (χ0) is 16.8. The number of carbonyl (C=O) groups excluding carboxylic acids is 1. The maximum Gasteiger partial charge on any atom is 0.254 e.